The largest absolute Gasteiger partial charge is 0.497 e. The van der Waals surface area contributed by atoms with Gasteiger partial charge in [0.25, 0.3) is 5.91 Å². The Balaban J connectivity index is 1.64. The van der Waals surface area contributed by atoms with Crippen LogP contribution in [0.25, 0.3) is 10.2 Å². The molecule has 2 amide bonds. The summed E-state index contributed by atoms with van der Waals surface area (Å²) in [5.41, 5.74) is 1.62. The molecule has 0 bridgehead atoms. The number of carbonyl (C=O) groups is 2. The Kier molecular flexibility index (Phi) is 6.43. The first-order chi connectivity index (χ1) is 17.9. The molecule has 0 spiro atoms. The van der Waals surface area contributed by atoms with Gasteiger partial charge >= 0.3 is 0 Å². The van der Waals surface area contributed by atoms with E-state index in [2.05, 4.69) is 10.3 Å². The van der Waals surface area contributed by atoms with E-state index in [9.17, 15) is 9.59 Å². The van der Waals surface area contributed by atoms with Gasteiger partial charge in [-0.05, 0) is 42.0 Å². The molecule has 0 fully saturated rings. The molecule has 0 saturated carbocycles. The molecule has 5 rings (SSSR count). The minimum Gasteiger partial charge on any atom is -0.497 e. The van der Waals surface area contributed by atoms with Crippen molar-refractivity contribution in [3.8, 4) is 17.2 Å². The molecule has 2 atom stereocenters. The van der Waals surface area contributed by atoms with Crippen LogP contribution in [0.3, 0.4) is 0 Å². The van der Waals surface area contributed by atoms with Crippen molar-refractivity contribution >= 4 is 38.5 Å². The summed E-state index contributed by atoms with van der Waals surface area (Å²) in [5.74, 6) is -0.886. The van der Waals surface area contributed by atoms with Gasteiger partial charge in [0.15, 0.2) is 16.6 Å². The highest BCUT2D eigenvalue weighted by Gasteiger charge is 2.44. The Morgan fingerprint density at radius 3 is 2.43 bits per heavy atom. The SMILES string of the molecule is COc1ccc2nc(NC(=O)[C@@H]3c4cc(OC)c(OC)cc4C(=O)N(C)[C@@H]3c3ccccc3F)sc2c1. The fourth-order valence-electron chi connectivity index (χ4n) is 4.70. The molecule has 0 saturated heterocycles. The van der Waals surface area contributed by atoms with Gasteiger partial charge in [0.05, 0.1) is 43.5 Å². The normalized spacial score (nSPS) is 16.9. The number of ether oxygens (including phenoxy) is 3. The Hall–Kier alpha value is -4.18. The minimum absolute atomic E-state index is 0.230. The van der Waals surface area contributed by atoms with Gasteiger partial charge in [-0.2, -0.15) is 0 Å². The molecule has 0 aliphatic carbocycles. The first-order valence-corrected chi connectivity index (χ1v) is 12.2. The summed E-state index contributed by atoms with van der Waals surface area (Å²) >= 11 is 1.29. The Labute approximate surface area is 216 Å². The molecule has 4 aromatic rings. The average molecular weight is 522 g/mol. The predicted octanol–water partition coefficient (Wildman–Crippen LogP) is 5.01. The lowest BCUT2D eigenvalue weighted by molar-refractivity contribution is -0.119. The number of hydrogen-bond donors (Lipinski definition) is 1. The summed E-state index contributed by atoms with van der Waals surface area (Å²) in [7, 11) is 6.08. The topological polar surface area (TPSA) is 90.0 Å². The standard InChI is InChI=1S/C27H24FN3O5S/c1-31-24(15-7-5-6-8-18(15)28)23(16-12-20(35-3)21(36-4)13-17(16)26(31)33)25(32)30-27-29-19-10-9-14(34-2)11-22(19)37-27/h5-13,23-24H,1-4H3,(H,29,30,32)/t23-,24-/m1/s1. The van der Waals surface area contributed by atoms with Crippen LogP contribution in [0.15, 0.2) is 54.6 Å². The molecule has 0 radical (unpaired) electrons. The maximum atomic E-state index is 15.1. The van der Waals surface area contributed by atoms with Crippen molar-refractivity contribution in [2.45, 2.75) is 12.0 Å². The van der Waals surface area contributed by atoms with Crippen molar-refractivity contribution in [1.82, 2.24) is 9.88 Å². The molecule has 1 aromatic heterocycles. The monoisotopic (exact) mass is 521 g/mol. The molecule has 10 heteroatoms. The van der Waals surface area contributed by atoms with E-state index in [1.807, 2.05) is 12.1 Å². The van der Waals surface area contributed by atoms with Gasteiger partial charge in [0, 0.05) is 18.2 Å². The van der Waals surface area contributed by atoms with Crippen LogP contribution in [0.5, 0.6) is 17.2 Å². The zero-order chi connectivity index (χ0) is 26.3. The average Bonchev–Trinajstić information content (AvgIpc) is 3.31. The first-order valence-electron chi connectivity index (χ1n) is 11.4. The fraction of sp³-hybridized carbons (Fsp3) is 0.222. The van der Waals surface area contributed by atoms with Crippen molar-refractivity contribution in [2.24, 2.45) is 0 Å². The highest BCUT2D eigenvalue weighted by atomic mass is 32.1. The second kappa shape index (κ2) is 9.70. The van der Waals surface area contributed by atoms with Crippen LogP contribution in [-0.2, 0) is 4.79 Å². The Morgan fingerprint density at radius 1 is 1.00 bits per heavy atom. The van der Waals surface area contributed by atoms with Crippen LogP contribution < -0.4 is 19.5 Å². The van der Waals surface area contributed by atoms with Gasteiger partial charge in [-0.3, -0.25) is 9.59 Å². The maximum Gasteiger partial charge on any atom is 0.254 e. The zero-order valence-electron chi connectivity index (χ0n) is 20.6. The number of halogens is 1. The van der Waals surface area contributed by atoms with E-state index in [1.54, 1.807) is 50.6 Å². The number of benzene rings is 3. The number of carbonyl (C=O) groups excluding carboxylic acids is 2. The molecule has 0 unspecified atom stereocenters. The molecule has 1 aliphatic rings. The van der Waals surface area contributed by atoms with Crippen LogP contribution in [-0.4, -0.2) is 50.1 Å². The summed E-state index contributed by atoms with van der Waals surface area (Å²) in [6, 6.07) is 13.8. The molecular weight excluding hydrogens is 497 g/mol. The van der Waals surface area contributed by atoms with Crippen molar-refractivity contribution in [2.75, 3.05) is 33.7 Å². The molecule has 37 heavy (non-hydrogen) atoms. The third-order valence-electron chi connectivity index (χ3n) is 6.51. The number of nitrogens with zero attached hydrogens (tertiary/aromatic N) is 2. The molecule has 2 heterocycles. The maximum absolute atomic E-state index is 15.1. The van der Waals surface area contributed by atoms with Crippen molar-refractivity contribution in [3.63, 3.8) is 0 Å². The molecule has 190 valence electrons. The van der Waals surface area contributed by atoms with E-state index >= 15 is 4.39 Å². The third kappa shape index (κ3) is 4.23. The van der Waals surface area contributed by atoms with Gasteiger partial charge in [-0.25, -0.2) is 9.37 Å². The fourth-order valence-corrected chi connectivity index (χ4v) is 5.60. The predicted molar refractivity (Wildman–Crippen MR) is 138 cm³/mol. The summed E-state index contributed by atoms with van der Waals surface area (Å²) in [5, 5.41) is 3.27. The number of anilines is 1. The number of thiazole rings is 1. The lowest BCUT2D eigenvalue weighted by atomic mass is 9.79. The highest BCUT2D eigenvalue weighted by molar-refractivity contribution is 7.22. The van der Waals surface area contributed by atoms with Gasteiger partial charge in [-0.15, -0.1) is 0 Å². The third-order valence-corrected chi connectivity index (χ3v) is 7.44. The van der Waals surface area contributed by atoms with Crippen molar-refractivity contribution < 1.29 is 28.2 Å². The lowest BCUT2D eigenvalue weighted by Crippen LogP contribution is -2.44. The quantitative estimate of drug-likeness (QED) is 0.384. The molecule has 3 aromatic carbocycles. The molecule has 1 aliphatic heterocycles. The Morgan fingerprint density at radius 2 is 1.73 bits per heavy atom. The van der Waals surface area contributed by atoms with Crippen molar-refractivity contribution in [1.29, 1.82) is 0 Å². The van der Waals surface area contributed by atoms with Gasteiger partial charge in [0.1, 0.15) is 11.6 Å². The van der Waals surface area contributed by atoms with Crippen molar-refractivity contribution in [3.05, 3.63) is 77.1 Å². The smallest absolute Gasteiger partial charge is 0.254 e. The second-order valence-corrected chi connectivity index (χ2v) is 9.53. The minimum atomic E-state index is -0.962. The number of aromatic nitrogens is 1. The number of likely N-dealkylation sites (N-methyl/N-ethyl adjacent to an activating group) is 1. The van der Waals surface area contributed by atoms with Gasteiger partial charge < -0.3 is 24.4 Å². The second-order valence-electron chi connectivity index (χ2n) is 8.50. The van der Waals surface area contributed by atoms with E-state index in [-0.39, 0.29) is 17.0 Å². The lowest BCUT2D eigenvalue weighted by Gasteiger charge is -2.40. The molecule has 1 N–H and O–H groups in total. The number of nitrogens with one attached hydrogen (secondary N) is 1. The summed E-state index contributed by atoms with van der Waals surface area (Å²) < 4.78 is 32.0. The van der Waals surface area contributed by atoms with Crippen LogP contribution in [0.4, 0.5) is 9.52 Å². The van der Waals surface area contributed by atoms with Crippen LogP contribution in [0.2, 0.25) is 0 Å². The molecular formula is C27H24FN3O5S. The number of hydrogen-bond acceptors (Lipinski definition) is 7. The first kappa shape index (κ1) is 24.5. The number of rotatable bonds is 6. The van der Waals surface area contributed by atoms with E-state index in [1.165, 1.54) is 36.5 Å². The molecule has 8 nitrogen and oxygen atoms in total. The summed E-state index contributed by atoms with van der Waals surface area (Å²) in [4.78, 5) is 33.3. The van der Waals surface area contributed by atoms with E-state index in [0.717, 1.165) is 4.70 Å². The van der Waals surface area contributed by atoms with Crippen LogP contribution in [0.1, 0.15) is 33.4 Å². The van der Waals surface area contributed by atoms with E-state index < -0.39 is 23.7 Å². The summed E-state index contributed by atoms with van der Waals surface area (Å²) in [6.07, 6.45) is 0. The van der Waals surface area contributed by atoms with Gasteiger partial charge in [-0.1, -0.05) is 29.5 Å². The number of amides is 2. The highest BCUT2D eigenvalue weighted by Crippen LogP contribution is 2.46. The summed E-state index contributed by atoms with van der Waals surface area (Å²) in [6.45, 7) is 0. The van der Waals surface area contributed by atoms with Crippen LogP contribution in [0, 0.1) is 5.82 Å². The van der Waals surface area contributed by atoms with E-state index in [4.69, 9.17) is 14.2 Å². The Bertz CT molecular complexity index is 1520. The van der Waals surface area contributed by atoms with E-state index in [0.29, 0.717) is 33.5 Å². The number of methoxy groups -OCH3 is 3. The van der Waals surface area contributed by atoms with Crippen LogP contribution >= 0.6 is 11.3 Å². The zero-order valence-corrected chi connectivity index (χ0v) is 21.4. The van der Waals surface area contributed by atoms with Gasteiger partial charge in [0.2, 0.25) is 5.91 Å². The number of fused-ring (bicyclic) bond motifs is 2.